The molecule has 0 aromatic carbocycles. The summed E-state index contributed by atoms with van der Waals surface area (Å²) in [6.45, 7) is 2.00. The fourth-order valence-corrected chi connectivity index (χ4v) is 3.15. The molecule has 1 aliphatic carbocycles. The third-order valence-corrected chi connectivity index (χ3v) is 4.73. The lowest BCUT2D eigenvalue weighted by molar-refractivity contribution is -0.117. The van der Waals surface area contributed by atoms with Crippen molar-refractivity contribution in [3.63, 3.8) is 0 Å². The molecule has 4 rings (SSSR count). The molecule has 3 aromatic heterocycles. The van der Waals surface area contributed by atoms with Crippen LogP contribution in [0.2, 0.25) is 0 Å². The Bertz CT molecular complexity index is 1070. The number of carbonyl (C=O) groups excluding carboxylic acids is 2. The summed E-state index contributed by atoms with van der Waals surface area (Å²) in [6, 6.07) is 3.66. The van der Waals surface area contributed by atoms with Crippen LogP contribution in [0.5, 0.6) is 11.6 Å². The Labute approximate surface area is 168 Å². The van der Waals surface area contributed by atoms with Gasteiger partial charge in [-0.3, -0.25) is 4.79 Å². The average Bonchev–Trinajstić information content (AvgIpc) is 3.54. The maximum Gasteiger partial charge on any atom is 0.228 e. The average molecular weight is 402 g/mol. The Morgan fingerprint density at radius 3 is 2.59 bits per heavy atom. The van der Waals surface area contributed by atoms with Gasteiger partial charge in [0.15, 0.2) is 11.6 Å². The first kappa shape index (κ1) is 20.2. The highest BCUT2D eigenvalue weighted by Crippen LogP contribution is 2.40. The predicted octanol–water partition coefficient (Wildman–Crippen LogP) is 3.20. The van der Waals surface area contributed by atoms with Crippen molar-refractivity contribution in [2.45, 2.75) is 12.8 Å². The van der Waals surface area contributed by atoms with Gasteiger partial charge in [-0.25, -0.2) is 14.4 Å². The maximum atomic E-state index is 14.2. The van der Waals surface area contributed by atoms with E-state index in [4.69, 9.17) is 14.3 Å². The summed E-state index contributed by atoms with van der Waals surface area (Å²) in [5, 5.41) is 3.69. The molecular weight excluding hydrogens is 379 g/mol. The Hall–Kier alpha value is -3.49. The van der Waals surface area contributed by atoms with E-state index in [0.717, 1.165) is 29.9 Å². The molecule has 8 nitrogen and oxygen atoms in total. The number of rotatable bonds is 5. The summed E-state index contributed by atoms with van der Waals surface area (Å²) in [5.74, 6) is 0.329. The summed E-state index contributed by atoms with van der Waals surface area (Å²) >= 11 is 0. The molecule has 1 fully saturated rings. The predicted molar refractivity (Wildman–Crippen MR) is 108 cm³/mol. The zero-order chi connectivity index (χ0) is 21.1. The van der Waals surface area contributed by atoms with Crippen molar-refractivity contribution in [2.24, 2.45) is 13.0 Å². The molecule has 0 spiro atoms. The van der Waals surface area contributed by atoms with Crippen molar-refractivity contribution >= 4 is 29.4 Å². The quantitative estimate of drug-likeness (QED) is 0.704. The molecule has 3 aromatic rings. The largest absolute Gasteiger partial charge is 0.493 e. The number of nitrogens with one attached hydrogen (secondary N) is 1. The van der Waals surface area contributed by atoms with Gasteiger partial charge >= 0.3 is 0 Å². The Balaban J connectivity index is 0.00000104. The van der Waals surface area contributed by atoms with Gasteiger partial charge < -0.3 is 24.2 Å². The number of halogens is 1. The summed E-state index contributed by atoms with van der Waals surface area (Å²) in [4.78, 5) is 28.3. The first-order chi connectivity index (χ1) is 14.0. The van der Waals surface area contributed by atoms with Crippen molar-refractivity contribution in [1.29, 1.82) is 0 Å². The summed E-state index contributed by atoms with van der Waals surface area (Å²) in [7, 11) is 4.71. The van der Waals surface area contributed by atoms with Gasteiger partial charge in [-0.15, -0.1) is 0 Å². The fraction of sp³-hybridized carbons (Fsp3) is 0.300. The number of ether oxygens (including phenoxy) is 2. The molecule has 1 N–H and O–H groups in total. The molecule has 0 aliphatic heterocycles. The van der Waals surface area contributed by atoms with Gasteiger partial charge in [-0.2, -0.15) is 0 Å². The Morgan fingerprint density at radius 2 is 1.97 bits per heavy atom. The van der Waals surface area contributed by atoms with Crippen LogP contribution in [0, 0.1) is 11.7 Å². The number of pyridine rings is 2. The van der Waals surface area contributed by atoms with Gasteiger partial charge in [0.2, 0.25) is 11.8 Å². The van der Waals surface area contributed by atoms with E-state index in [1.807, 2.05) is 24.5 Å². The number of carbonyl (C=O) groups is 2. The van der Waals surface area contributed by atoms with Crippen molar-refractivity contribution < 1.29 is 24.9 Å². The highest BCUT2D eigenvalue weighted by atomic mass is 19.1. The second-order valence-corrected chi connectivity index (χ2v) is 6.50. The van der Waals surface area contributed by atoms with Crippen LogP contribution in [-0.4, -0.2) is 41.5 Å². The third-order valence-electron chi connectivity index (χ3n) is 4.73. The normalized spacial score (nSPS) is 12.8. The molecule has 0 atom stereocenters. The number of aromatic nitrogens is 3. The number of fused-ring (bicyclic) bond motifs is 1. The second kappa shape index (κ2) is 8.26. The number of methoxy groups -OCH3 is 2. The zero-order valence-electron chi connectivity index (χ0n) is 16.4. The topological polar surface area (TPSA) is 95.3 Å². The standard InChI is InChI=1S/C19H19FN4O3.CH2O.H2/c1-24-13(16-17(26-2)12(20)8-22-19(16)27-3)6-11-7-15(21-9-14(11)24)23-18(25)10-4-5-10;1-2;/h6-10H,4-5H2,1-3H3,(H,21,23,25);1H2;1H. The van der Waals surface area contributed by atoms with Crippen LogP contribution in [0.3, 0.4) is 0 Å². The molecule has 1 aliphatic rings. The van der Waals surface area contributed by atoms with E-state index in [1.165, 1.54) is 14.2 Å². The van der Waals surface area contributed by atoms with Crippen molar-refractivity contribution in [1.82, 2.24) is 14.5 Å². The van der Waals surface area contributed by atoms with Crippen molar-refractivity contribution in [3.05, 3.63) is 30.3 Å². The molecule has 0 bridgehead atoms. The van der Waals surface area contributed by atoms with E-state index in [2.05, 4.69) is 15.3 Å². The molecule has 29 heavy (non-hydrogen) atoms. The van der Waals surface area contributed by atoms with Crippen LogP contribution in [0.4, 0.5) is 10.2 Å². The van der Waals surface area contributed by atoms with E-state index in [0.29, 0.717) is 17.1 Å². The minimum absolute atomic E-state index is 0. The van der Waals surface area contributed by atoms with Gasteiger partial charge in [-0.1, -0.05) is 0 Å². The van der Waals surface area contributed by atoms with Gasteiger partial charge in [0.05, 0.1) is 37.8 Å². The summed E-state index contributed by atoms with van der Waals surface area (Å²) < 4.78 is 26.6. The lowest BCUT2D eigenvalue weighted by Gasteiger charge is -2.13. The molecule has 1 saturated carbocycles. The van der Waals surface area contributed by atoms with Crippen LogP contribution in [0.25, 0.3) is 22.2 Å². The molecule has 0 radical (unpaired) electrons. The van der Waals surface area contributed by atoms with E-state index < -0.39 is 5.82 Å². The first-order valence-corrected chi connectivity index (χ1v) is 8.85. The monoisotopic (exact) mass is 402 g/mol. The second-order valence-electron chi connectivity index (χ2n) is 6.50. The van der Waals surface area contributed by atoms with Crippen LogP contribution >= 0.6 is 0 Å². The molecule has 1 amide bonds. The van der Waals surface area contributed by atoms with Crippen molar-refractivity contribution in [3.8, 4) is 22.9 Å². The van der Waals surface area contributed by atoms with Crippen LogP contribution in [0.1, 0.15) is 14.3 Å². The van der Waals surface area contributed by atoms with Crippen LogP contribution < -0.4 is 14.8 Å². The smallest absolute Gasteiger partial charge is 0.228 e. The molecular formula is C20H23FN4O4. The maximum absolute atomic E-state index is 14.2. The molecule has 9 heteroatoms. The Morgan fingerprint density at radius 1 is 1.24 bits per heavy atom. The van der Waals surface area contributed by atoms with Gasteiger partial charge in [-0.05, 0) is 25.0 Å². The number of amides is 1. The van der Waals surface area contributed by atoms with Gasteiger partial charge in [0, 0.05) is 19.8 Å². The molecule has 0 unspecified atom stereocenters. The van der Waals surface area contributed by atoms with E-state index >= 15 is 0 Å². The molecule has 3 heterocycles. The van der Waals surface area contributed by atoms with Gasteiger partial charge in [0.1, 0.15) is 18.2 Å². The lowest BCUT2D eigenvalue weighted by Crippen LogP contribution is -2.14. The SMILES string of the molecule is C=O.COc1ncc(F)c(OC)c1-c1cc2cc(NC(=O)C3CC3)ncc2n1C.[HH]. The Kier molecular flexibility index (Phi) is 5.76. The number of hydrogen-bond acceptors (Lipinski definition) is 6. The molecule has 154 valence electrons. The summed E-state index contributed by atoms with van der Waals surface area (Å²) in [6.07, 6.45) is 4.59. The van der Waals surface area contributed by atoms with Crippen LogP contribution in [0.15, 0.2) is 24.5 Å². The van der Waals surface area contributed by atoms with E-state index in [1.54, 1.807) is 12.3 Å². The third kappa shape index (κ3) is 3.75. The highest BCUT2D eigenvalue weighted by Gasteiger charge is 2.30. The number of aryl methyl sites for hydroxylation is 1. The number of nitrogens with zero attached hydrogens (tertiary/aromatic N) is 3. The first-order valence-electron chi connectivity index (χ1n) is 8.85. The highest BCUT2D eigenvalue weighted by molar-refractivity contribution is 5.96. The van der Waals surface area contributed by atoms with Gasteiger partial charge in [0.25, 0.3) is 0 Å². The van der Waals surface area contributed by atoms with E-state index in [-0.39, 0.29) is 24.9 Å². The fourth-order valence-electron chi connectivity index (χ4n) is 3.15. The minimum Gasteiger partial charge on any atom is -0.493 e. The minimum atomic E-state index is -0.575. The van der Waals surface area contributed by atoms with Crippen molar-refractivity contribution in [2.75, 3.05) is 19.5 Å². The lowest BCUT2D eigenvalue weighted by atomic mass is 10.1. The van der Waals surface area contributed by atoms with Crippen LogP contribution in [-0.2, 0) is 16.6 Å². The number of anilines is 1. The zero-order valence-corrected chi connectivity index (χ0v) is 16.4. The summed E-state index contributed by atoms with van der Waals surface area (Å²) in [5.41, 5.74) is 1.91. The molecule has 0 saturated heterocycles. The number of hydrogen-bond donors (Lipinski definition) is 1. The van der Waals surface area contributed by atoms with E-state index in [9.17, 15) is 9.18 Å².